The average molecular weight is 431 g/mol. The third kappa shape index (κ3) is 6.02. The normalized spacial score (nSPS) is 12.3. The first-order chi connectivity index (χ1) is 12.6. The van der Waals surface area contributed by atoms with Crippen molar-refractivity contribution in [1.82, 2.24) is 0 Å². The van der Waals surface area contributed by atoms with Crippen LogP contribution in [-0.2, 0) is 14.8 Å². The first-order valence-electron chi connectivity index (χ1n) is 8.07. The van der Waals surface area contributed by atoms with Gasteiger partial charge in [-0.15, -0.1) is 0 Å². The molecule has 0 aromatic heterocycles. The van der Waals surface area contributed by atoms with Gasteiger partial charge in [0.1, 0.15) is 5.75 Å². The zero-order valence-electron chi connectivity index (χ0n) is 15.1. The monoisotopic (exact) mass is 430 g/mol. The Morgan fingerprint density at radius 2 is 1.70 bits per heavy atom. The van der Waals surface area contributed by atoms with Crippen LogP contribution in [0.4, 0.5) is 11.4 Å². The maximum atomic E-state index is 12.5. The number of hydrogen-bond donors (Lipinski definition) is 1. The molecule has 2 rings (SSSR count). The summed E-state index contributed by atoms with van der Waals surface area (Å²) in [6.07, 6.45) is 0.823. The maximum Gasteiger partial charge on any atom is 0.265 e. The summed E-state index contributed by atoms with van der Waals surface area (Å²) in [5.74, 6) is 0.111. The minimum atomic E-state index is -3.34. The van der Waals surface area contributed by atoms with Gasteiger partial charge in [-0.05, 0) is 48.9 Å². The Bertz CT molecular complexity index is 897. The lowest BCUT2D eigenvalue weighted by molar-refractivity contribution is -0.122. The van der Waals surface area contributed by atoms with Gasteiger partial charge in [-0.1, -0.05) is 30.1 Å². The Hall–Kier alpha value is -1.96. The van der Waals surface area contributed by atoms with Gasteiger partial charge in [0.15, 0.2) is 6.10 Å². The number of ether oxygens (including phenoxy) is 1. The molecule has 9 heteroatoms. The summed E-state index contributed by atoms with van der Waals surface area (Å²) >= 11 is 11.9. The number of amides is 1. The predicted molar refractivity (Wildman–Crippen MR) is 109 cm³/mol. The van der Waals surface area contributed by atoms with Crippen LogP contribution in [0.1, 0.15) is 13.3 Å². The number of anilines is 2. The third-order valence-corrected chi connectivity index (χ3v) is 5.41. The van der Waals surface area contributed by atoms with Gasteiger partial charge in [-0.2, -0.15) is 0 Å². The van der Waals surface area contributed by atoms with Crippen LogP contribution in [0, 0.1) is 0 Å². The number of hydrogen-bond acceptors (Lipinski definition) is 4. The molecule has 0 spiro atoms. The van der Waals surface area contributed by atoms with Crippen LogP contribution in [0.15, 0.2) is 42.5 Å². The Kier molecular flexibility index (Phi) is 6.97. The molecular weight excluding hydrogens is 411 g/mol. The van der Waals surface area contributed by atoms with Crippen molar-refractivity contribution >= 4 is 50.5 Å². The van der Waals surface area contributed by atoms with E-state index in [0.717, 1.165) is 10.6 Å². The number of rotatable bonds is 7. The Morgan fingerprint density at radius 3 is 2.19 bits per heavy atom. The molecule has 0 aliphatic carbocycles. The van der Waals surface area contributed by atoms with E-state index in [9.17, 15) is 13.2 Å². The van der Waals surface area contributed by atoms with Crippen molar-refractivity contribution in [3.05, 3.63) is 52.5 Å². The first-order valence-corrected chi connectivity index (χ1v) is 10.7. The molecule has 1 N–H and O–H groups in total. The van der Waals surface area contributed by atoms with E-state index in [1.165, 1.54) is 7.05 Å². The lowest BCUT2D eigenvalue weighted by atomic mass is 10.2. The van der Waals surface area contributed by atoms with Crippen molar-refractivity contribution in [2.45, 2.75) is 19.4 Å². The Morgan fingerprint density at radius 1 is 1.15 bits per heavy atom. The number of benzene rings is 2. The van der Waals surface area contributed by atoms with Crippen molar-refractivity contribution < 1.29 is 17.9 Å². The van der Waals surface area contributed by atoms with Gasteiger partial charge in [0.2, 0.25) is 10.0 Å². The fourth-order valence-electron chi connectivity index (χ4n) is 2.26. The number of nitrogens with one attached hydrogen (secondary N) is 1. The lowest BCUT2D eigenvalue weighted by Crippen LogP contribution is -2.32. The molecule has 0 bridgehead atoms. The van der Waals surface area contributed by atoms with Gasteiger partial charge in [0, 0.05) is 22.8 Å². The van der Waals surface area contributed by atoms with E-state index < -0.39 is 16.1 Å². The first kappa shape index (κ1) is 21.3. The minimum Gasteiger partial charge on any atom is -0.481 e. The quantitative estimate of drug-likeness (QED) is 0.714. The molecule has 0 heterocycles. The Balaban J connectivity index is 2.08. The minimum absolute atomic E-state index is 0.340. The van der Waals surface area contributed by atoms with Crippen LogP contribution < -0.4 is 14.4 Å². The molecule has 0 saturated carbocycles. The highest BCUT2D eigenvalue weighted by Gasteiger charge is 2.19. The second-order valence-corrected chi connectivity index (χ2v) is 8.77. The molecule has 1 unspecified atom stereocenters. The van der Waals surface area contributed by atoms with Crippen molar-refractivity contribution in [2.24, 2.45) is 0 Å². The van der Waals surface area contributed by atoms with Crippen LogP contribution in [0.25, 0.3) is 0 Å². The van der Waals surface area contributed by atoms with Crippen LogP contribution in [0.5, 0.6) is 5.75 Å². The number of nitrogens with zero attached hydrogens (tertiary/aromatic N) is 1. The largest absolute Gasteiger partial charge is 0.481 e. The number of halogens is 2. The van der Waals surface area contributed by atoms with E-state index in [-0.39, 0.29) is 5.91 Å². The van der Waals surface area contributed by atoms with Crippen molar-refractivity contribution in [3.8, 4) is 5.75 Å². The van der Waals surface area contributed by atoms with E-state index in [2.05, 4.69) is 5.32 Å². The van der Waals surface area contributed by atoms with Gasteiger partial charge in [-0.3, -0.25) is 9.10 Å². The molecule has 6 nitrogen and oxygen atoms in total. The molecule has 0 aliphatic rings. The standard InChI is InChI=1S/C18H20Cl2N2O4S/c1-4-17(18(23)21-14-10-12(19)9-13(20)11-14)26-16-7-5-15(6-8-16)22(2)27(3,24)25/h5-11,17H,4H2,1-3H3,(H,21,23). The van der Waals surface area contributed by atoms with Crippen LogP contribution >= 0.6 is 23.2 Å². The highest BCUT2D eigenvalue weighted by atomic mass is 35.5. The number of carbonyl (C=O) groups is 1. The molecule has 0 fully saturated rings. The van der Waals surface area contributed by atoms with Crippen molar-refractivity contribution in [1.29, 1.82) is 0 Å². The van der Waals surface area contributed by atoms with Gasteiger partial charge in [-0.25, -0.2) is 8.42 Å². The topological polar surface area (TPSA) is 75.7 Å². The van der Waals surface area contributed by atoms with Crippen LogP contribution in [0.2, 0.25) is 10.0 Å². The highest BCUT2D eigenvalue weighted by molar-refractivity contribution is 7.92. The fraction of sp³-hybridized carbons (Fsp3) is 0.278. The van der Waals surface area contributed by atoms with E-state index in [4.69, 9.17) is 27.9 Å². The summed E-state index contributed by atoms with van der Waals surface area (Å²) in [5, 5.41) is 3.55. The molecule has 1 atom stereocenters. The van der Waals surface area contributed by atoms with Gasteiger partial charge < -0.3 is 10.1 Å². The van der Waals surface area contributed by atoms with Crippen molar-refractivity contribution in [2.75, 3.05) is 22.9 Å². The molecule has 1 amide bonds. The molecule has 146 valence electrons. The molecule has 0 aliphatic heterocycles. The van der Waals surface area contributed by atoms with Crippen molar-refractivity contribution in [3.63, 3.8) is 0 Å². The SMILES string of the molecule is CCC(Oc1ccc(N(C)S(C)(=O)=O)cc1)C(=O)Nc1cc(Cl)cc(Cl)c1. The predicted octanol–water partition coefficient (Wildman–Crippen LogP) is 4.19. The second-order valence-electron chi connectivity index (χ2n) is 5.89. The highest BCUT2D eigenvalue weighted by Crippen LogP contribution is 2.24. The molecule has 2 aromatic rings. The summed E-state index contributed by atoms with van der Waals surface area (Å²) in [5.41, 5.74) is 0.973. The zero-order valence-corrected chi connectivity index (χ0v) is 17.4. The summed E-state index contributed by atoms with van der Waals surface area (Å²) in [4.78, 5) is 12.5. The summed E-state index contributed by atoms with van der Waals surface area (Å²) in [6, 6.07) is 11.2. The molecular formula is C18H20Cl2N2O4S. The van der Waals surface area contributed by atoms with Crippen LogP contribution in [-0.4, -0.2) is 33.7 Å². The van der Waals surface area contributed by atoms with Gasteiger partial charge in [0.05, 0.1) is 11.9 Å². The second kappa shape index (κ2) is 8.82. The molecule has 2 aromatic carbocycles. The lowest BCUT2D eigenvalue weighted by Gasteiger charge is -2.19. The Labute approximate surface area is 169 Å². The fourth-order valence-corrected chi connectivity index (χ4v) is 3.29. The van der Waals surface area contributed by atoms with E-state index in [1.54, 1.807) is 42.5 Å². The van der Waals surface area contributed by atoms with Gasteiger partial charge >= 0.3 is 0 Å². The zero-order chi connectivity index (χ0) is 20.2. The van der Waals surface area contributed by atoms with E-state index in [0.29, 0.717) is 33.6 Å². The smallest absolute Gasteiger partial charge is 0.265 e. The van der Waals surface area contributed by atoms with E-state index >= 15 is 0 Å². The average Bonchev–Trinajstić information content (AvgIpc) is 2.57. The molecule has 0 saturated heterocycles. The molecule has 0 radical (unpaired) electrons. The summed E-state index contributed by atoms with van der Waals surface area (Å²) in [6.45, 7) is 1.82. The van der Waals surface area contributed by atoms with E-state index in [1.807, 2.05) is 6.92 Å². The number of sulfonamides is 1. The van der Waals surface area contributed by atoms with Gasteiger partial charge in [0.25, 0.3) is 5.91 Å². The maximum absolute atomic E-state index is 12.5. The summed E-state index contributed by atoms with van der Waals surface area (Å²) < 4.78 is 30.0. The third-order valence-electron chi connectivity index (χ3n) is 3.77. The molecule has 27 heavy (non-hydrogen) atoms. The summed E-state index contributed by atoms with van der Waals surface area (Å²) in [7, 11) is -1.88. The van der Waals surface area contributed by atoms with Crippen LogP contribution in [0.3, 0.4) is 0 Å². The number of carbonyl (C=O) groups excluding carboxylic acids is 1.